The van der Waals surface area contributed by atoms with Crippen LogP contribution >= 0.6 is 11.8 Å². The predicted octanol–water partition coefficient (Wildman–Crippen LogP) is 3.08. The van der Waals surface area contributed by atoms with E-state index in [9.17, 15) is 9.59 Å². The van der Waals surface area contributed by atoms with Crippen molar-refractivity contribution in [3.05, 3.63) is 47.7 Å². The van der Waals surface area contributed by atoms with Crippen LogP contribution in [0.3, 0.4) is 0 Å². The van der Waals surface area contributed by atoms with E-state index in [1.54, 1.807) is 30.0 Å². The van der Waals surface area contributed by atoms with Crippen LogP contribution in [-0.2, 0) is 14.3 Å². The molecule has 0 saturated carbocycles. The van der Waals surface area contributed by atoms with Crippen LogP contribution in [0.25, 0.3) is 0 Å². The summed E-state index contributed by atoms with van der Waals surface area (Å²) in [6.07, 6.45) is 2.02. The summed E-state index contributed by atoms with van der Waals surface area (Å²) in [5.41, 5.74) is 1.59. The van der Waals surface area contributed by atoms with Crippen molar-refractivity contribution in [2.75, 3.05) is 26.6 Å². The molecule has 0 bridgehead atoms. The van der Waals surface area contributed by atoms with Crippen LogP contribution in [0.1, 0.15) is 24.9 Å². The molecule has 0 aliphatic carbocycles. The number of fused-ring (bicyclic) bond motifs is 1. The highest BCUT2D eigenvalue weighted by molar-refractivity contribution is 8.14. The average Bonchev–Trinajstić information content (AvgIpc) is 2.70. The van der Waals surface area contributed by atoms with Crippen molar-refractivity contribution in [3.8, 4) is 11.5 Å². The van der Waals surface area contributed by atoms with Crippen LogP contribution in [0.15, 0.2) is 47.1 Å². The molecule has 2 aliphatic rings. The van der Waals surface area contributed by atoms with Crippen molar-refractivity contribution < 1.29 is 23.8 Å². The number of amides is 1. The monoisotopic (exact) mass is 402 g/mol. The Balaban J connectivity index is 2.12. The van der Waals surface area contributed by atoms with Crippen molar-refractivity contribution in [3.63, 3.8) is 0 Å². The number of methoxy groups -OCH3 is 2. The third-order valence-corrected chi connectivity index (χ3v) is 5.43. The third-order valence-electron chi connectivity index (χ3n) is 4.47. The van der Waals surface area contributed by atoms with Crippen molar-refractivity contribution in [2.24, 2.45) is 4.99 Å². The van der Waals surface area contributed by atoms with E-state index in [-0.39, 0.29) is 5.91 Å². The van der Waals surface area contributed by atoms with Crippen molar-refractivity contribution in [1.29, 1.82) is 0 Å². The van der Waals surface area contributed by atoms with Gasteiger partial charge in [-0.25, -0.2) is 9.79 Å². The van der Waals surface area contributed by atoms with Gasteiger partial charge in [-0.1, -0.05) is 30.5 Å². The van der Waals surface area contributed by atoms with Crippen molar-refractivity contribution in [2.45, 2.75) is 19.4 Å². The Labute approximate surface area is 168 Å². The van der Waals surface area contributed by atoms with Gasteiger partial charge in [-0.2, -0.15) is 0 Å². The number of hydrogen-bond acceptors (Lipinski definition) is 7. The summed E-state index contributed by atoms with van der Waals surface area (Å²) < 4.78 is 16.0. The van der Waals surface area contributed by atoms with Crippen molar-refractivity contribution >= 4 is 28.8 Å². The van der Waals surface area contributed by atoms with E-state index in [2.05, 4.69) is 11.6 Å². The number of carbonyl (C=O) groups excluding carboxylic acids is 2. The Morgan fingerprint density at radius 2 is 2.18 bits per heavy atom. The fraction of sp³-hybridized carbons (Fsp3) is 0.350. The second-order valence-electron chi connectivity index (χ2n) is 6.16. The van der Waals surface area contributed by atoms with E-state index in [0.717, 1.165) is 0 Å². The number of carbonyl (C=O) groups is 2. The van der Waals surface area contributed by atoms with Crippen LogP contribution in [0, 0.1) is 0 Å². The highest BCUT2D eigenvalue weighted by Crippen LogP contribution is 2.42. The maximum atomic E-state index is 12.7. The largest absolute Gasteiger partial charge is 0.493 e. The molecule has 7 nitrogen and oxygen atoms in total. The summed E-state index contributed by atoms with van der Waals surface area (Å²) in [7, 11) is 2.86. The number of benzene rings is 1. The first kappa shape index (κ1) is 20.0. The van der Waals surface area contributed by atoms with E-state index < -0.39 is 12.0 Å². The Morgan fingerprint density at radius 1 is 1.39 bits per heavy atom. The lowest BCUT2D eigenvalue weighted by molar-refractivity contribution is -0.137. The molecule has 1 fully saturated rings. The van der Waals surface area contributed by atoms with Gasteiger partial charge >= 0.3 is 5.97 Å². The molecule has 3 rings (SSSR count). The lowest BCUT2D eigenvalue weighted by atomic mass is 9.94. The smallest absolute Gasteiger partial charge is 0.338 e. The molecule has 0 radical (unpaired) electrons. The summed E-state index contributed by atoms with van der Waals surface area (Å²) in [5.74, 6) is 1.12. The lowest BCUT2D eigenvalue weighted by Gasteiger charge is -2.38. The fourth-order valence-electron chi connectivity index (χ4n) is 3.20. The zero-order valence-electron chi connectivity index (χ0n) is 16.1. The number of rotatable bonds is 6. The maximum Gasteiger partial charge on any atom is 0.338 e. The molecule has 0 N–H and O–H groups in total. The molecule has 1 saturated heterocycles. The summed E-state index contributed by atoms with van der Waals surface area (Å²) in [5, 5.41) is 0.595. The minimum atomic E-state index is -0.636. The first-order valence-corrected chi connectivity index (χ1v) is 9.74. The minimum Gasteiger partial charge on any atom is -0.493 e. The molecule has 1 aromatic rings. The Morgan fingerprint density at radius 3 is 2.86 bits per heavy atom. The van der Waals surface area contributed by atoms with Gasteiger partial charge in [0.05, 0.1) is 31.5 Å². The van der Waals surface area contributed by atoms with Crippen LogP contribution in [0.5, 0.6) is 11.5 Å². The van der Waals surface area contributed by atoms with Gasteiger partial charge in [0.25, 0.3) is 0 Å². The van der Waals surface area contributed by atoms with Crippen LogP contribution < -0.4 is 9.47 Å². The minimum absolute atomic E-state index is 0.0812. The van der Waals surface area contributed by atoms with Gasteiger partial charge in [0.2, 0.25) is 5.91 Å². The average molecular weight is 402 g/mol. The molecular weight excluding hydrogens is 380 g/mol. The molecule has 148 valence electrons. The fourth-order valence-corrected chi connectivity index (χ4v) is 4.21. The van der Waals surface area contributed by atoms with Gasteiger partial charge in [0.15, 0.2) is 16.7 Å². The number of amidine groups is 1. The number of thioether (sulfide) groups is 1. The number of hydrogen-bond donors (Lipinski definition) is 0. The number of esters is 1. The number of allylic oxidation sites excluding steroid dienone is 1. The zero-order valence-corrected chi connectivity index (χ0v) is 16.9. The summed E-state index contributed by atoms with van der Waals surface area (Å²) in [6.45, 7) is 5.73. The number of aliphatic imine (C=N–C) groups is 1. The zero-order chi connectivity index (χ0) is 20.3. The first-order chi connectivity index (χ1) is 13.5. The Hall–Kier alpha value is -2.74. The second kappa shape index (κ2) is 8.52. The second-order valence-corrected chi connectivity index (χ2v) is 7.22. The quantitative estimate of drug-likeness (QED) is 0.538. The van der Waals surface area contributed by atoms with Crippen LogP contribution in [0.2, 0.25) is 0 Å². The van der Waals surface area contributed by atoms with E-state index in [0.29, 0.717) is 52.3 Å². The molecule has 8 heteroatoms. The van der Waals surface area contributed by atoms with Gasteiger partial charge in [-0.05, 0) is 24.6 Å². The number of ether oxygens (including phenoxy) is 3. The normalized spacial score (nSPS) is 19.0. The molecule has 28 heavy (non-hydrogen) atoms. The molecule has 0 aromatic heterocycles. The van der Waals surface area contributed by atoms with E-state index in [4.69, 9.17) is 14.2 Å². The van der Waals surface area contributed by atoms with Gasteiger partial charge < -0.3 is 14.2 Å². The highest BCUT2D eigenvalue weighted by Gasteiger charge is 2.41. The summed E-state index contributed by atoms with van der Waals surface area (Å²) >= 11 is 1.50. The summed E-state index contributed by atoms with van der Waals surface area (Å²) in [6, 6.07) is 4.71. The molecular formula is C20H22N2O5S. The molecule has 0 spiro atoms. The highest BCUT2D eigenvalue weighted by atomic mass is 32.2. The predicted molar refractivity (Wildman–Crippen MR) is 107 cm³/mol. The SMILES string of the molecule is C=CCOc1ccc([C@H]2C(C(=O)OC)=C(C)N=C3SCCC(=O)N32)cc1OC. The molecule has 1 amide bonds. The van der Waals surface area contributed by atoms with E-state index in [1.807, 2.05) is 6.07 Å². The lowest BCUT2D eigenvalue weighted by Crippen LogP contribution is -2.45. The Kier molecular flexibility index (Phi) is 6.08. The van der Waals surface area contributed by atoms with Gasteiger partial charge in [0, 0.05) is 12.2 Å². The van der Waals surface area contributed by atoms with E-state index >= 15 is 0 Å². The van der Waals surface area contributed by atoms with Crippen molar-refractivity contribution in [1.82, 2.24) is 4.90 Å². The topological polar surface area (TPSA) is 77.4 Å². The van der Waals surface area contributed by atoms with Crippen LogP contribution in [0.4, 0.5) is 0 Å². The maximum absolute atomic E-state index is 12.7. The summed E-state index contributed by atoms with van der Waals surface area (Å²) in [4.78, 5) is 31.3. The first-order valence-electron chi connectivity index (χ1n) is 8.76. The molecule has 2 heterocycles. The van der Waals surface area contributed by atoms with Gasteiger partial charge in [-0.3, -0.25) is 9.69 Å². The molecule has 1 aromatic carbocycles. The van der Waals surface area contributed by atoms with Crippen LogP contribution in [-0.4, -0.2) is 48.5 Å². The number of nitrogens with zero attached hydrogens (tertiary/aromatic N) is 2. The molecule has 1 atom stereocenters. The molecule has 2 aliphatic heterocycles. The standard InChI is InChI=1S/C20H22N2O5S/c1-5-9-27-14-7-6-13(11-15(14)25-3)18-17(19(24)26-4)12(2)21-20-22(18)16(23)8-10-28-20/h5-7,11,18H,1,8-10H2,2-4H3/t18-/m0/s1. The Bertz CT molecular complexity index is 877. The molecule has 0 unspecified atom stereocenters. The van der Waals surface area contributed by atoms with E-state index in [1.165, 1.54) is 26.0 Å². The third kappa shape index (κ3) is 3.64. The van der Waals surface area contributed by atoms with Gasteiger partial charge in [-0.15, -0.1) is 0 Å². The van der Waals surface area contributed by atoms with Gasteiger partial charge in [0.1, 0.15) is 6.61 Å².